The molecule has 0 fully saturated rings. The van der Waals surface area contributed by atoms with Gasteiger partial charge in [0.15, 0.2) is 0 Å². The Morgan fingerprint density at radius 1 is 0.923 bits per heavy atom. The van der Waals surface area contributed by atoms with E-state index in [4.69, 9.17) is 0 Å². The first-order valence-corrected chi connectivity index (χ1v) is 10.5. The Bertz CT molecular complexity index is 1150. The fourth-order valence-corrected chi connectivity index (χ4v) is 4.46. The highest BCUT2D eigenvalue weighted by atomic mass is 32.2. The van der Waals surface area contributed by atoms with Crippen LogP contribution in [0.15, 0.2) is 83.2 Å². The van der Waals surface area contributed by atoms with Gasteiger partial charge >= 0.3 is 0 Å². The van der Waals surface area contributed by atoms with Gasteiger partial charge in [-0.1, -0.05) is 48.5 Å². The molecule has 1 aromatic heterocycles. The van der Waals surface area contributed by atoms with E-state index >= 15 is 0 Å². The van der Waals surface area contributed by atoms with E-state index in [-0.39, 0.29) is 11.4 Å². The molecule has 1 N–H and O–H groups in total. The number of aromatic nitrogens is 1. The van der Waals surface area contributed by atoms with E-state index in [0.29, 0.717) is 0 Å². The van der Waals surface area contributed by atoms with Gasteiger partial charge in [-0.3, -0.25) is 0 Å². The summed E-state index contributed by atoms with van der Waals surface area (Å²) in [7, 11) is -3.58. The highest BCUT2D eigenvalue weighted by Crippen LogP contribution is 2.23. The second-order valence-electron chi connectivity index (χ2n) is 5.87. The van der Waals surface area contributed by atoms with Gasteiger partial charge in [0.1, 0.15) is 5.01 Å². The minimum Gasteiger partial charge on any atom is -0.245 e. The predicted octanol–water partition coefficient (Wildman–Crippen LogP) is 4.44. The van der Waals surface area contributed by atoms with Crippen molar-refractivity contribution in [2.75, 3.05) is 0 Å². The normalized spacial score (nSPS) is 11.7. The zero-order chi connectivity index (χ0) is 18.0. The van der Waals surface area contributed by atoms with Crippen LogP contribution in [0.5, 0.6) is 0 Å². The molecule has 0 bridgehead atoms. The maximum Gasteiger partial charge on any atom is 0.240 e. The van der Waals surface area contributed by atoms with Gasteiger partial charge in [0.2, 0.25) is 10.0 Å². The molecule has 0 aliphatic rings. The fraction of sp³-hybridized carbons (Fsp3) is 0.0500. The Morgan fingerprint density at radius 2 is 1.77 bits per heavy atom. The van der Waals surface area contributed by atoms with Gasteiger partial charge in [0.25, 0.3) is 0 Å². The molecular weight excluding hydrogens is 364 g/mol. The Labute approximate surface area is 156 Å². The molecule has 4 rings (SSSR count). The molecule has 0 aliphatic heterocycles. The molecule has 3 aromatic carbocycles. The largest absolute Gasteiger partial charge is 0.245 e. The smallest absolute Gasteiger partial charge is 0.240 e. The third kappa shape index (κ3) is 3.53. The average Bonchev–Trinajstić information content (AvgIpc) is 3.21. The molecule has 4 aromatic rings. The zero-order valence-corrected chi connectivity index (χ0v) is 15.4. The summed E-state index contributed by atoms with van der Waals surface area (Å²) in [4.78, 5) is 4.56. The van der Waals surface area contributed by atoms with Crippen molar-refractivity contribution < 1.29 is 8.42 Å². The molecule has 0 amide bonds. The van der Waals surface area contributed by atoms with Crippen molar-refractivity contribution in [3.63, 3.8) is 0 Å². The molecular formula is C20H16N2O2S2. The topological polar surface area (TPSA) is 59.1 Å². The highest BCUT2D eigenvalue weighted by Gasteiger charge is 2.14. The van der Waals surface area contributed by atoms with E-state index in [9.17, 15) is 8.42 Å². The number of nitrogens with one attached hydrogen (secondary N) is 1. The second kappa shape index (κ2) is 6.99. The minimum absolute atomic E-state index is 0.231. The van der Waals surface area contributed by atoms with E-state index in [0.717, 1.165) is 26.9 Å². The summed E-state index contributed by atoms with van der Waals surface area (Å²) in [5.74, 6) is 0. The van der Waals surface area contributed by atoms with Crippen LogP contribution in [0.2, 0.25) is 0 Å². The summed E-state index contributed by atoms with van der Waals surface area (Å²) in [5.41, 5.74) is 1.88. The van der Waals surface area contributed by atoms with Gasteiger partial charge in [-0.2, -0.15) is 0 Å². The number of rotatable bonds is 5. The molecule has 0 saturated carbocycles. The van der Waals surface area contributed by atoms with E-state index in [1.165, 1.54) is 0 Å². The molecule has 6 heteroatoms. The van der Waals surface area contributed by atoms with E-state index in [1.54, 1.807) is 29.7 Å². The van der Waals surface area contributed by atoms with Crippen LogP contribution in [-0.2, 0) is 16.6 Å². The maximum atomic E-state index is 12.6. The van der Waals surface area contributed by atoms with Gasteiger partial charge in [-0.05, 0) is 34.5 Å². The highest BCUT2D eigenvalue weighted by molar-refractivity contribution is 7.89. The monoisotopic (exact) mass is 380 g/mol. The van der Waals surface area contributed by atoms with Crippen molar-refractivity contribution >= 4 is 32.1 Å². The van der Waals surface area contributed by atoms with Gasteiger partial charge in [-0.25, -0.2) is 18.1 Å². The lowest BCUT2D eigenvalue weighted by molar-refractivity contribution is 0.581. The lowest BCUT2D eigenvalue weighted by atomic mass is 10.1. The van der Waals surface area contributed by atoms with Crippen LogP contribution in [0, 0.1) is 0 Å². The Morgan fingerprint density at radius 3 is 2.58 bits per heavy atom. The van der Waals surface area contributed by atoms with Gasteiger partial charge in [-0.15, -0.1) is 11.3 Å². The lowest BCUT2D eigenvalue weighted by Crippen LogP contribution is -2.23. The van der Waals surface area contributed by atoms with Crippen molar-refractivity contribution in [3.05, 3.63) is 83.9 Å². The maximum absolute atomic E-state index is 12.6. The van der Waals surface area contributed by atoms with Gasteiger partial charge < -0.3 is 0 Å². The first kappa shape index (κ1) is 16.9. The molecule has 130 valence electrons. The summed E-state index contributed by atoms with van der Waals surface area (Å²) in [5, 5.41) is 4.76. The van der Waals surface area contributed by atoms with Crippen molar-refractivity contribution in [2.24, 2.45) is 0 Å². The third-order valence-corrected chi connectivity index (χ3v) is 6.32. The molecule has 4 nitrogen and oxygen atoms in total. The third-order valence-electron chi connectivity index (χ3n) is 4.10. The molecule has 26 heavy (non-hydrogen) atoms. The van der Waals surface area contributed by atoms with Crippen LogP contribution in [0.1, 0.15) is 5.56 Å². The summed E-state index contributed by atoms with van der Waals surface area (Å²) < 4.78 is 28.0. The van der Waals surface area contributed by atoms with Crippen molar-refractivity contribution in [3.8, 4) is 10.6 Å². The Balaban J connectivity index is 1.55. The number of thiazole rings is 1. The second-order valence-corrected chi connectivity index (χ2v) is 8.53. The fourth-order valence-electron chi connectivity index (χ4n) is 2.78. The van der Waals surface area contributed by atoms with Crippen LogP contribution < -0.4 is 4.72 Å². The molecule has 0 aliphatic carbocycles. The van der Waals surface area contributed by atoms with Crippen LogP contribution in [0.4, 0.5) is 0 Å². The minimum atomic E-state index is -3.58. The van der Waals surface area contributed by atoms with Crippen LogP contribution in [0.3, 0.4) is 0 Å². The van der Waals surface area contributed by atoms with E-state index < -0.39 is 10.0 Å². The van der Waals surface area contributed by atoms with Crippen LogP contribution in [0.25, 0.3) is 21.3 Å². The number of hydrogen-bond donors (Lipinski definition) is 1. The summed E-state index contributed by atoms with van der Waals surface area (Å²) in [6.07, 6.45) is 1.76. The molecule has 0 radical (unpaired) electrons. The first-order valence-electron chi connectivity index (χ1n) is 8.09. The number of hydrogen-bond acceptors (Lipinski definition) is 4. The SMILES string of the molecule is O=S(=O)(NCc1cccc(-c2nccs2)c1)c1ccc2ccccc2c1. The number of nitrogens with zero attached hydrogens (tertiary/aromatic N) is 1. The molecule has 0 saturated heterocycles. The summed E-state index contributed by atoms with van der Waals surface area (Å²) >= 11 is 1.56. The number of benzene rings is 3. The summed E-state index contributed by atoms with van der Waals surface area (Å²) in [6.45, 7) is 0.231. The lowest BCUT2D eigenvalue weighted by Gasteiger charge is -2.09. The molecule has 0 spiro atoms. The van der Waals surface area contributed by atoms with Crippen LogP contribution in [-0.4, -0.2) is 13.4 Å². The molecule has 0 unspecified atom stereocenters. The molecule has 0 atom stereocenters. The Kier molecular flexibility index (Phi) is 4.55. The average molecular weight is 380 g/mol. The van der Waals surface area contributed by atoms with Crippen LogP contribution >= 0.6 is 11.3 Å². The predicted molar refractivity (Wildman–Crippen MR) is 106 cm³/mol. The number of sulfonamides is 1. The van der Waals surface area contributed by atoms with Crippen molar-refractivity contribution in [1.29, 1.82) is 0 Å². The number of fused-ring (bicyclic) bond motifs is 1. The van der Waals surface area contributed by atoms with Gasteiger partial charge in [0, 0.05) is 23.7 Å². The standard InChI is InChI=1S/C20H16N2O2S2/c23-26(24,19-9-8-16-5-1-2-6-17(16)13-19)22-14-15-4-3-7-18(12-15)20-21-10-11-25-20/h1-13,22H,14H2. The Hall–Kier alpha value is -2.54. The van der Waals surface area contributed by atoms with Crippen molar-refractivity contribution in [1.82, 2.24) is 9.71 Å². The van der Waals surface area contributed by atoms with Crippen molar-refractivity contribution in [2.45, 2.75) is 11.4 Å². The molecule has 1 heterocycles. The zero-order valence-electron chi connectivity index (χ0n) is 13.8. The summed E-state index contributed by atoms with van der Waals surface area (Å²) in [6, 6.07) is 20.6. The van der Waals surface area contributed by atoms with Gasteiger partial charge in [0.05, 0.1) is 4.90 Å². The van der Waals surface area contributed by atoms with E-state index in [2.05, 4.69) is 9.71 Å². The quantitative estimate of drug-likeness (QED) is 0.557. The first-order chi connectivity index (χ1) is 12.6. The van der Waals surface area contributed by atoms with E-state index in [1.807, 2.05) is 60.0 Å².